The van der Waals surface area contributed by atoms with E-state index in [0.717, 1.165) is 25.7 Å². The van der Waals surface area contributed by atoms with Gasteiger partial charge in [-0.1, -0.05) is 52.0 Å². The first-order valence-corrected chi connectivity index (χ1v) is 14.9. The maximum absolute atomic E-state index is 3.74. The number of nitrogens with one attached hydrogen (secondary N) is 1. The van der Waals surface area contributed by atoms with Gasteiger partial charge >= 0.3 is 0 Å². The Morgan fingerprint density at radius 1 is 0.686 bits per heavy atom. The van der Waals surface area contributed by atoms with E-state index in [1.165, 1.54) is 52.4 Å². The molecule has 2 aromatic carbocycles. The van der Waals surface area contributed by atoms with Crippen molar-refractivity contribution in [2.75, 3.05) is 0 Å². The summed E-state index contributed by atoms with van der Waals surface area (Å²) in [5.41, 5.74) is 12.2. The summed E-state index contributed by atoms with van der Waals surface area (Å²) in [6, 6.07) is 14.8. The van der Waals surface area contributed by atoms with Gasteiger partial charge in [-0.05, 0) is 79.1 Å². The molecule has 7 rings (SSSR count). The molecule has 0 fully saturated rings. The second kappa shape index (κ2) is 7.11. The maximum Gasteiger partial charge on any atom is 0.0613 e. The zero-order valence-electron chi connectivity index (χ0n) is 21.6. The number of H-pyrrole nitrogens is 1. The zero-order valence-corrected chi connectivity index (χ0v) is 23.2. The van der Waals surface area contributed by atoms with E-state index in [-0.39, 0.29) is 10.8 Å². The first-order valence-electron chi connectivity index (χ1n) is 13.3. The highest BCUT2D eigenvalue weighted by Gasteiger charge is 2.46. The highest BCUT2D eigenvalue weighted by atomic mass is 32.1. The van der Waals surface area contributed by atoms with Crippen LogP contribution in [0.5, 0.6) is 0 Å². The summed E-state index contributed by atoms with van der Waals surface area (Å²) in [5, 5.41) is 2.90. The third-order valence-corrected chi connectivity index (χ3v) is 11.8. The molecule has 0 spiro atoms. The van der Waals surface area contributed by atoms with Crippen molar-refractivity contribution in [2.24, 2.45) is 0 Å². The lowest BCUT2D eigenvalue weighted by Gasteiger charge is -2.30. The zero-order chi connectivity index (χ0) is 24.3. The first kappa shape index (κ1) is 21.9. The number of aromatic nitrogens is 1. The standard InChI is InChI=1S/C32H33NS2/c1-7-31(8-2)21-13-11-20-19(25(21)29-23(31)16-18(6)34-29)12-14-22-26(20)30-27(32(22,9-3)10-4)28-24(35-30)15-17(5)33-28/h11-16,33H,7-10H2,1-6H3. The van der Waals surface area contributed by atoms with Gasteiger partial charge in [-0.3, -0.25) is 0 Å². The van der Waals surface area contributed by atoms with Gasteiger partial charge in [0.05, 0.1) is 10.2 Å². The monoisotopic (exact) mass is 495 g/mol. The Bertz CT molecular complexity index is 1660. The van der Waals surface area contributed by atoms with Crippen LogP contribution >= 0.6 is 22.7 Å². The van der Waals surface area contributed by atoms with E-state index in [4.69, 9.17) is 0 Å². The van der Waals surface area contributed by atoms with E-state index in [1.54, 1.807) is 22.3 Å². The van der Waals surface area contributed by atoms with Crippen LogP contribution in [0, 0.1) is 13.8 Å². The fourth-order valence-corrected chi connectivity index (χ4v) is 10.4. The van der Waals surface area contributed by atoms with Crippen LogP contribution in [0.15, 0.2) is 36.4 Å². The second-order valence-electron chi connectivity index (χ2n) is 10.7. The quantitative estimate of drug-likeness (QED) is 0.255. The van der Waals surface area contributed by atoms with Crippen molar-refractivity contribution in [1.82, 2.24) is 4.98 Å². The molecule has 0 aliphatic heterocycles. The van der Waals surface area contributed by atoms with Crippen molar-refractivity contribution >= 4 is 43.7 Å². The molecule has 5 aromatic rings. The molecule has 3 aromatic heterocycles. The van der Waals surface area contributed by atoms with Crippen LogP contribution < -0.4 is 0 Å². The molecule has 0 saturated heterocycles. The highest BCUT2D eigenvalue weighted by Crippen LogP contribution is 2.62. The van der Waals surface area contributed by atoms with E-state index in [2.05, 4.69) is 82.9 Å². The van der Waals surface area contributed by atoms with Gasteiger partial charge < -0.3 is 4.98 Å². The fraction of sp³-hybridized carbons (Fsp3) is 0.375. The van der Waals surface area contributed by atoms with Crippen molar-refractivity contribution < 1.29 is 0 Å². The number of aromatic amines is 1. The highest BCUT2D eigenvalue weighted by molar-refractivity contribution is 7.22. The molecule has 1 nitrogen and oxygen atoms in total. The van der Waals surface area contributed by atoms with Crippen LogP contribution in [-0.4, -0.2) is 4.98 Å². The molecule has 0 unspecified atom stereocenters. The summed E-state index contributed by atoms with van der Waals surface area (Å²) in [6.45, 7) is 14.0. The molecule has 0 bridgehead atoms. The van der Waals surface area contributed by atoms with E-state index in [9.17, 15) is 0 Å². The minimum Gasteiger partial charge on any atom is -0.358 e. The van der Waals surface area contributed by atoms with Gasteiger partial charge in [0.2, 0.25) is 0 Å². The van der Waals surface area contributed by atoms with Crippen molar-refractivity contribution in [3.63, 3.8) is 0 Å². The van der Waals surface area contributed by atoms with Gasteiger partial charge in [-0.15, -0.1) is 22.7 Å². The van der Waals surface area contributed by atoms with Crippen molar-refractivity contribution in [3.8, 4) is 20.9 Å². The van der Waals surface area contributed by atoms with Gasteiger partial charge in [-0.2, -0.15) is 0 Å². The van der Waals surface area contributed by atoms with Crippen LogP contribution in [0.2, 0.25) is 0 Å². The van der Waals surface area contributed by atoms with Gasteiger partial charge in [0.15, 0.2) is 0 Å². The largest absolute Gasteiger partial charge is 0.358 e. The Kier molecular flexibility index (Phi) is 4.45. The lowest BCUT2D eigenvalue weighted by Crippen LogP contribution is -2.23. The maximum atomic E-state index is 3.74. The third kappa shape index (κ3) is 2.40. The lowest BCUT2D eigenvalue weighted by molar-refractivity contribution is 0.491. The van der Waals surface area contributed by atoms with E-state index in [1.807, 2.05) is 22.7 Å². The second-order valence-corrected chi connectivity index (χ2v) is 13.1. The van der Waals surface area contributed by atoms with Gasteiger partial charge in [0, 0.05) is 47.8 Å². The third-order valence-electron chi connectivity index (χ3n) is 9.55. The summed E-state index contributed by atoms with van der Waals surface area (Å²) in [6.07, 6.45) is 4.58. The molecule has 1 N–H and O–H groups in total. The summed E-state index contributed by atoms with van der Waals surface area (Å²) < 4.78 is 1.41. The molecular formula is C32H33NS2. The number of aryl methyl sites for hydroxylation is 2. The summed E-state index contributed by atoms with van der Waals surface area (Å²) in [5.74, 6) is 0. The van der Waals surface area contributed by atoms with Crippen LogP contribution in [-0.2, 0) is 10.8 Å². The molecule has 3 heterocycles. The molecule has 0 saturated carbocycles. The minimum atomic E-state index is 0.0920. The van der Waals surface area contributed by atoms with E-state index in [0.29, 0.717) is 0 Å². The van der Waals surface area contributed by atoms with Gasteiger partial charge in [0.25, 0.3) is 0 Å². The fourth-order valence-electron chi connectivity index (χ4n) is 7.76. The summed E-state index contributed by atoms with van der Waals surface area (Å²) in [7, 11) is 0. The average molecular weight is 496 g/mol. The number of fused-ring (bicyclic) bond motifs is 11. The summed E-state index contributed by atoms with van der Waals surface area (Å²) >= 11 is 4.00. The number of hydrogen-bond donors (Lipinski definition) is 1. The summed E-state index contributed by atoms with van der Waals surface area (Å²) in [4.78, 5) is 8.21. The van der Waals surface area contributed by atoms with Crippen LogP contribution in [0.4, 0.5) is 0 Å². The smallest absolute Gasteiger partial charge is 0.0613 e. The molecule has 3 heteroatoms. The Morgan fingerprint density at radius 2 is 1.29 bits per heavy atom. The molecule has 2 aliphatic carbocycles. The predicted octanol–water partition coefficient (Wildman–Crippen LogP) is 10.2. The first-order chi connectivity index (χ1) is 16.9. The van der Waals surface area contributed by atoms with E-state index >= 15 is 0 Å². The van der Waals surface area contributed by atoms with E-state index < -0.39 is 0 Å². The Labute approximate surface area is 216 Å². The number of rotatable bonds is 4. The topological polar surface area (TPSA) is 15.8 Å². The van der Waals surface area contributed by atoms with Crippen molar-refractivity contribution in [1.29, 1.82) is 0 Å². The molecule has 0 atom stereocenters. The average Bonchev–Trinajstić information content (AvgIpc) is 3.62. The van der Waals surface area contributed by atoms with Gasteiger partial charge in [-0.25, -0.2) is 0 Å². The number of hydrogen-bond acceptors (Lipinski definition) is 2. The van der Waals surface area contributed by atoms with Crippen LogP contribution in [0.25, 0.3) is 41.9 Å². The molecule has 0 radical (unpaired) electrons. The molecule has 0 amide bonds. The molecule has 35 heavy (non-hydrogen) atoms. The number of thiophene rings is 2. The normalized spacial score (nSPS) is 16.6. The Balaban J connectivity index is 1.62. The minimum absolute atomic E-state index is 0.0920. The van der Waals surface area contributed by atoms with Crippen LogP contribution in [0.3, 0.4) is 0 Å². The Hall–Kier alpha value is -2.36. The lowest BCUT2D eigenvalue weighted by atomic mass is 9.73. The van der Waals surface area contributed by atoms with Crippen molar-refractivity contribution in [3.05, 3.63) is 69.2 Å². The number of benzene rings is 2. The molecule has 2 aliphatic rings. The SMILES string of the molecule is CCC1(CC)c2cc(C)sc2-c2c1ccc1c3c(ccc21)C(CC)(CC)c1c-3sc2cc(C)[nH]c12. The molecule has 178 valence electrons. The van der Waals surface area contributed by atoms with Gasteiger partial charge in [0.1, 0.15) is 0 Å². The molecular weight excluding hydrogens is 462 g/mol. The predicted molar refractivity (Wildman–Crippen MR) is 155 cm³/mol. The van der Waals surface area contributed by atoms with Crippen LogP contribution in [0.1, 0.15) is 86.2 Å². The Morgan fingerprint density at radius 3 is 1.91 bits per heavy atom. The van der Waals surface area contributed by atoms with Crippen molar-refractivity contribution in [2.45, 2.75) is 78.1 Å².